The van der Waals surface area contributed by atoms with Crippen molar-refractivity contribution < 1.29 is 9.90 Å². The SMILES string of the molecule is Cc1c(O)cccc1C(=O)N1CCCC(C2CCCN2)C1. The Hall–Kier alpha value is -1.55. The maximum atomic E-state index is 12.7. The highest BCUT2D eigenvalue weighted by Crippen LogP contribution is 2.27. The molecule has 0 saturated carbocycles. The van der Waals surface area contributed by atoms with Crippen molar-refractivity contribution in [3.63, 3.8) is 0 Å². The first-order valence-corrected chi connectivity index (χ1v) is 7.98. The molecule has 1 aromatic carbocycles. The predicted molar refractivity (Wildman–Crippen MR) is 82.5 cm³/mol. The molecule has 0 aliphatic carbocycles. The van der Waals surface area contributed by atoms with Crippen molar-refractivity contribution in [2.75, 3.05) is 19.6 Å². The molecular formula is C17H24N2O2. The largest absolute Gasteiger partial charge is 0.508 e. The molecule has 0 bridgehead atoms. The zero-order chi connectivity index (χ0) is 14.8. The van der Waals surface area contributed by atoms with Gasteiger partial charge in [-0.05, 0) is 57.2 Å². The molecule has 2 N–H and O–H groups in total. The van der Waals surface area contributed by atoms with Gasteiger partial charge in [0.25, 0.3) is 5.91 Å². The second-order valence-electron chi connectivity index (χ2n) is 6.31. The van der Waals surface area contributed by atoms with E-state index in [2.05, 4.69) is 5.32 Å². The molecule has 0 radical (unpaired) electrons. The van der Waals surface area contributed by atoms with Crippen LogP contribution in [0.15, 0.2) is 18.2 Å². The predicted octanol–water partition coefficient (Wildman–Crippen LogP) is 2.30. The van der Waals surface area contributed by atoms with Gasteiger partial charge in [0, 0.05) is 30.3 Å². The number of benzene rings is 1. The molecule has 2 fully saturated rings. The lowest BCUT2D eigenvalue weighted by Gasteiger charge is -2.36. The number of aromatic hydroxyl groups is 1. The van der Waals surface area contributed by atoms with E-state index in [-0.39, 0.29) is 11.7 Å². The number of nitrogens with zero attached hydrogens (tertiary/aromatic N) is 1. The number of hydrogen-bond acceptors (Lipinski definition) is 3. The molecule has 2 atom stereocenters. The Kier molecular flexibility index (Phi) is 4.15. The summed E-state index contributed by atoms with van der Waals surface area (Å²) in [6.07, 6.45) is 4.77. The molecule has 2 heterocycles. The third-order valence-corrected chi connectivity index (χ3v) is 4.95. The van der Waals surface area contributed by atoms with Crippen LogP contribution >= 0.6 is 0 Å². The first-order valence-electron chi connectivity index (χ1n) is 7.98. The monoisotopic (exact) mass is 288 g/mol. The zero-order valence-corrected chi connectivity index (χ0v) is 12.6. The van der Waals surface area contributed by atoms with E-state index in [9.17, 15) is 9.90 Å². The van der Waals surface area contributed by atoms with Crippen LogP contribution in [0, 0.1) is 12.8 Å². The molecule has 2 unspecified atom stereocenters. The van der Waals surface area contributed by atoms with E-state index >= 15 is 0 Å². The lowest BCUT2D eigenvalue weighted by Crippen LogP contribution is -2.46. The minimum atomic E-state index is 0.0612. The number of amides is 1. The molecule has 0 spiro atoms. The number of carbonyl (C=O) groups is 1. The molecule has 4 nitrogen and oxygen atoms in total. The average Bonchev–Trinajstić information content (AvgIpc) is 3.04. The number of phenolic OH excluding ortho intramolecular Hbond substituents is 1. The van der Waals surface area contributed by atoms with Crippen molar-refractivity contribution in [3.05, 3.63) is 29.3 Å². The second-order valence-corrected chi connectivity index (χ2v) is 6.31. The van der Waals surface area contributed by atoms with Gasteiger partial charge in [-0.2, -0.15) is 0 Å². The van der Waals surface area contributed by atoms with E-state index in [0.29, 0.717) is 23.1 Å². The summed E-state index contributed by atoms with van der Waals surface area (Å²) < 4.78 is 0. The highest BCUT2D eigenvalue weighted by Gasteiger charge is 2.31. The normalized spacial score (nSPS) is 26.0. The standard InChI is InChI=1S/C17H24N2O2/c1-12-14(6-2-8-16(12)20)17(21)19-10-4-5-13(11-19)15-7-3-9-18-15/h2,6,8,13,15,18,20H,3-5,7,9-11H2,1H3. The number of hydrogen-bond donors (Lipinski definition) is 2. The summed E-state index contributed by atoms with van der Waals surface area (Å²) in [6.45, 7) is 4.59. The van der Waals surface area contributed by atoms with Gasteiger partial charge in [-0.15, -0.1) is 0 Å². The molecule has 2 aliphatic rings. The molecule has 1 amide bonds. The van der Waals surface area contributed by atoms with Crippen molar-refractivity contribution in [1.29, 1.82) is 0 Å². The Morgan fingerprint density at radius 3 is 2.95 bits per heavy atom. The Balaban J connectivity index is 1.73. The molecule has 0 aromatic heterocycles. The van der Waals surface area contributed by atoms with Gasteiger partial charge in [0.1, 0.15) is 5.75 Å². The van der Waals surface area contributed by atoms with Gasteiger partial charge in [-0.1, -0.05) is 6.07 Å². The van der Waals surface area contributed by atoms with Crippen LogP contribution in [0.2, 0.25) is 0 Å². The van der Waals surface area contributed by atoms with Gasteiger partial charge in [-0.25, -0.2) is 0 Å². The summed E-state index contributed by atoms with van der Waals surface area (Å²) >= 11 is 0. The number of phenols is 1. The van der Waals surface area contributed by atoms with E-state index in [1.54, 1.807) is 12.1 Å². The lowest BCUT2D eigenvalue weighted by atomic mass is 9.89. The summed E-state index contributed by atoms with van der Waals surface area (Å²) in [5.41, 5.74) is 1.32. The van der Waals surface area contributed by atoms with Gasteiger partial charge in [-0.3, -0.25) is 4.79 Å². The van der Waals surface area contributed by atoms with Crippen LogP contribution in [0.3, 0.4) is 0 Å². The molecule has 3 rings (SSSR count). The number of carbonyl (C=O) groups excluding carboxylic acids is 1. The molecule has 21 heavy (non-hydrogen) atoms. The minimum Gasteiger partial charge on any atom is -0.508 e. The van der Waals surface area contributed by atoms with Gasteiger partial charge >= 0.3 is 0 Å². The highest BCUT2D eigenvalue weighted by molar-refractivity contribution is 5.96. The van der Waals surface area contributed by atoms with E-state index in [1.165, 1.54) is 19.3 Å². The van der Waals surface area contributed by atoms with Gasteiger partial charge < -0.3 is 15.3 Å². The van der Waals surface area contributed by atoms with Crippen LogP contribution in [0.4, 0.5) is 0 Å². The fourth-order valence-electron chi connectivity index (χ4n) is 3.66. The maximum absolute atomic E-state index is 12.7. The van der Waals surface area contributed by atoms with E-state index in [1.807, 2.05) is 17.9 Å². The summed E-state index contributed by atoms with van der Waals surface area (Å²) in [5, 5.41) is 13.4. The van der Waals surface area contributed by atoms with Crippen LogP contribution in [0.25, 0.3) is 0 Å². The Morgan fingerprint density at radius 2 is 2.19 bits per heavy atom. The quantitative estimate of drug-likeness (QED) is 0.878. The van der Waals surface area contributed by atoms with Crippen LogP contribution < -0.4 is 5.32 Å². The molecule has 2 saturated heterocycles. The molecule has 4 heteroatoms. The Bertz CT molecular complexity index is 524. The summed E-state index contributed by atoms with van der Waals surface area (Å²) in [5.74, 6) is 0.834. The van der Waals surface area contributed by atoms with Gasteiger partial charge in [0.15, 0.2) is 0 Å². The Morgan fingerprint density at radius 1 is 1.33 bits per heavy atom. The summed E-state index contributed by atoms with van der Waals surface area (Å²) in [6, 6.07) is 5.77. The first kappa shape index (κ1) is 14.4. The maximum Gasteiger partial charge on any atom is 0.254 e. The fraction of sp³-hybridized carbons (Fsp3) is 0.588. The van der Waals surface area contributed by atoms with E-state index in [4.69, 9.17) is 0 Å². The smallest absolute Gasteiger partial charge is 0.254 e. The molecular weight excluding hydrogens is 264 g/mol. The van der Waals surface area contributed by atoms with Crippen molar-refractivity contribution >= 4 is 5.91 Å². The minimum absolute atomic E-state index is 0.0612. The van der Waals surface area contributed by atoms with Crippen LogP contribution in [-0.4, -0.2) is 41.6 Å². The summed E-state index contributed by atoms with van der Waals surface area (Å²) in [4.78, 5) is 14.7. The van der Waals surface area contributed by atoms with Crippen LogP contribution in [-0.2, 0) is 0 Å². The number of nitrogens with one attached hydrogen (secondary N) is 1. The lowest BCUT2D eigenvalue weighted by molar-refractivity contribution is 0.0650. The van der Waals surface area contributed by atoms with Crippen molar-refractivity contribution in [3.8, 4) is 5.75 Å². The topological polar surface area (TPSA) is 52.6 Å². The van der Waals surface area contributed by atoms with Crippen LogP contribution in [0.1, 0.15) is 41.6 Å². The summed E-state index contributed by atoms with van der Waals surface area (Å²) in [7, 11) is 0. The fourth-order valence-corrected chi connectivity index (χ4v) is 3.66. The van der Waals surface area contributed by atoms with Crippen molar-refractivity contribution in [2.45, 2.75) is 38.6 Å². The van der Waals surface area contributed by atoms with E-state index < -0.39 is 0 Å². The highest BCUT2D eigenvalue weighted by atomic mass is 16.3. The van der Waals surface area contributed by atoms with Gasteiger partial charge in [0.05, 0.1) is 0 Å². The third-order valence-electron chi connectivity index (χ3n) is 4.95. The van der Waals surface area contributed by atoms with E-state index in [0.717, 1.165) is 26.1 Å². The van der Waals surface area contributed by atoms with Crippen molar-refractivity contribution in [1.82, 2.24) is 10.2 Å². The third kappa shape index (κ3) is 2.91. The van der Waals surface area contributed by atoms with Crippen molar-refractivity contribution in [2.24, 2.45) is 5.92 Å². The first-order chi connectivity index (χ1) is 10.2. The Labute approximate surface area is 126 Å². The second kappa shape index (κ2) is 6.06. The average molecular weight is 288 g/mol. The number of rotatable bonds is 2. The molecule has 114 valence electrons. The number of likely N-dealkylation sites (tertiary alicyclic amines) is 1. The van der Waals surface area contributed by atoms with Crippen LogP contribution in [0.5, 0.6) is 5.75 Å². The number of piperidine rings is 1. The molecule has 2 aliphatic heterocycles. The molecule has 1 aromatic rings. The van der Waals surface area contributed by atoms with Gasteiger partial charge in [0.2, 0.25) is 0 Å². The zero-order valence-electron chi connectivity index (χ0n) is 12.6.